The summed E-state index contributed by atoms with van der Waals surface area (Å²) in [4.78, 5) is 13.2. The number of anilines is 1. The zero-order chi connectivity index (χ0) is 21.8. The summed E-state index contributed by atoms with van der Waals surface area (Å²) < 4.78 is 7.44. The highest BCUT2D eigenvalue weighted by atomic mass is 35.5. The molecule has 2 aromatic heterocycles. The van der Waals surface area contributed by atoms with E-state index in [0.717, 1.165) is 11.1 Å². The van der Waals surface area contributed by atoms with Crippen LogP contribution in [0.4, 0.5) is 5.82 Å². The number of thiophene rings is 1. The van der Waals surface area contributed by atoms with Gasteiger partial charge in [0.15, 0.2) is 5.82 Å². The van der Waals surface area contributed by atoms with Crippen LogP contribution < -0.4 is 10.1 Å². The number of amides is 1. The minimum Gasteiger partial charge on any atom is -0.487 e. The summed E-state index contributed by atoms with van der Waals surface area (Å²) in [7, 11) is 0. The Balaban J connectivity index is 1.38. The molecule has 0 spiro atoms. The molecular formula is C23H19Cl2N3O2S. The van der Waals surface area contributed by atoms with E-state index in [9.17, 15) is 4.79 Å². The second kappa shape index (κ2) is 9.56. The minimum atomic E-state index is -0.267. The topological polar surface area (TPSA) is 56.2 Å². The number of rotatable bonds is 7. The van der Waals surface area contributed by atoms with Gasteiger partial charge < -0.3 is 10.1 Å². The average molecular weight is 472 g/mol. The van der Waals surface area contributed by atoms with Crippen LogP contribution in [0.1, 0.15) is 26.4 Å². The molecule has 1 amide bonds. The molecule has 0 saturated carbocycles. The minimum absolute atomic E-state index is 0.267. The lowest BCUT2D eigenvalue weighted by Gasteiger charge is -2.06. The first kappa shape index (κ1) is 21.4. The van der Waals surface area contributed by atoms with Gasteiger partial charge in [0, 0.05) is 11.8 Å². The van der Waals surface area contributed by atoms with Gasteiger partial charge in [0.1, 0.15) is 17.4 Å². The SMILES string of the molecule is Cc1ccc(Cn2cc(Cl)c(NC(=O)c3cc(COc4ccccc4Cl)cs3)n2)cc1. The molecule has 0 aliphatic rings. The number of ether oxygens (including phenoxy) is 1. The van der Waals surface area contributed by atoms with E-state index in [4.69, 9.17) is 27.9 Å². The van der Waals surface area contributed by atoms with E-state index in [1.54, 1.807) is 29.1 Å². The van der Waals surface area contributed by atoms with E-state index < -0.39 is 0 Å². The molecule has 4 aromatic rings. The van der Waals surface area contributed by atoms with E-state index in [1.165, 1.54) is 16.9 Å². The van der Waals surface area contributed by atoms with Crippen molar-refractivity contribution in [1.82, 2.24) is 9.78 Å². The number of nitrogens with zero attached hydrogens (tertiary/aromatic N) is 2. The van der Waals surface area contributed by atoms with Crippen LogP contribution in [0.3, 0.4) is 0 Å². The Bertz CT molecular complexity index is 1200. The Morgan fingerprint density at radius 3 is 2.65 bits per heavy atom. The summed E-state index contributed by atoms with van der Waals surface area (Å²) in [5.74, 6) is 0.671. The van der Waals surface area contributed by atoms with E-state index in [1.807, 2.05) is 48.7 Å². The standard InChI is InChI=1S/C23H19Cl2N3O2S/c1-15-6-8-16(9-7-15)11-28-12-19(25)22(27-28)26-23(29)21-10-17(14-31-21)13-30-20-5-3-2-4-18(20)24/h2-10,12,14H,11,13H2,1H3,(H,26,27,29). The summed E-state index contributed by atoms with van der Waals surface area (Å²) in [6.45, 7) is 2.93. The summed E-state index contributed by atoms with van der Waals surface area (Å²) >= 11 is 13.7. The molecular weight excluding hydrogens is 453 g/mol. The number of hydrogen-bond donors (Lipinski definition) is 1. The van der Waals surface area contributed by atoms with Crippen LogP contribution in [0.5, 0.6) is 5.75 Å². The Labute approximate surface area is 194 Å². The molecule has 4 rings (SSSR count). The lowest BCUT2D eigenvalue weighted by atomic mass is 10.1. The Morgan fingerprint density at radius 2 is 1.87 bits per heavy atom. The average Bonchev–Trinajstić information content (AvgIpc) is 3.36. The highest BCUT2D eigenvalue weighted by Gasteiger charge is 2.15. The van der Waals surface area contributed by atoms with Crippen LogP contribution in [0.2, 0.25) is 10.0 Å². The number of aryl methyl sites for hydroxylation is 1. The molecule has 0 saturated heterocycles. The Hall–Kier alpha value is -2.80. The molecule has 158 valence electrons. The van der Waals surface area contributed by atoms with E-state index >= 15 is 0 Å². The molecule has 5 nitrogen and oxygen atoms in total. The van der Waals surface area contributed by atoms with Gasteiger partial charge in [-0.2, -0.15) is 5.10 Å². The smallest absolute Gasteiger partial charge is 0.266 e. The number of aromatic nitrogens is 2. The zero-order valence-corrected chi connectivity index (χ0v) is 19.0. The maximum atomic E-state index is 12.6. The molecule has 2 aromatic carbocycles. The summed E-state index contributed by atoms with van der Waals surface area (Å²) in [6.07, 6.45) is 1.70. The van der Waals surface area contributed by atoms with Crippen molar-refractivity contribution in [3.63, 3.8) is 0 Å². The van der Waals surface area contributed by atoms with Gasteiger partial charge in [-0.3, -0.25) is 9.48 Å². The molecule has 2 heterocycles. The molecule has 0 atom stereocenters. The normalized spacial score (nSPS) is 10.8. The second-order valence-corrected chi connectivity index (χ2v) is 8.73. The highest BCUT2D eigenvalue weighted by molar-refractivity contribution is 7.12. The summed E-state index contributed by atoms with van der Waals surface area (Å²) in [5, 5.41) is 10.0. The van der Waals surface area contributed by atoms with Crippen LogP contribution in [-0.4, -0.2) is 15.7 Å². The van der Waals surface area contributed by atoms with Gasteiger partial charge in [0.05, 0.1) is 16.4 Å². The molecule has 0 bridgehead atoms. The number of nitrogens with one attached hydrogen (secondary N) is 1. The van der Waals surface area contributed by atoms with E-state index in [-0.39, 0.29) is 5.91 Å². The fraction of sp³-hybridized carbons (Fsp3) is 0.130. The Kier molecular flexibility index (Phi) is 6.61. The van der Waals surface area contributed by atoms with Crippen LogP contribution in [0.25, 0.3) is 0 Å². The maximum Gasteiger partial charge on any atom is 0.266 e. The number of hydrogen-bond acceptors (Lipinski definition) is 4. The van der Waals surface area contributed by atoms with Gasteiger partial charge in [-0.25, -0.2) is 0 Å². The molecule has 0 unspecified atom stereocenters. The quantitative estimate of drug-likeness (QED) is 0.337. The molecule has 0 aliphatic heterocycles. The van der Waals surface area contributed by atoms with Crippen molar-refractivity contribution in [3.8, 4) is 5.75 Å². The van der Waals surface area contributed by atoms with Gasteiger partial charge in [-0.05, 0) is 36.1 Å². The number of benzene rings is 2. The van der Waals surface area contributed by atoms with Crippen molar-refractivity contribution in [2.75, 3.05) is 5.32 Å². The molecule has 8 heteroatoms. The van der Waals surface area contributed by atoms with Gasteiger partial charge >= 0.3 is 0 Å². The predicted molar refractivity (Wildman–Crippen MR) is 126 cm³/mol. The first-order chi connectivity index (χ1) is 15.0. The van der Waals surface area contributed by atoms with Gasteiger partial charge in [0.2, 0.25) is 0 Å². The lowest BCUT2D eigenvalue weighted by Crippen LogP contribution is -2.11. The summed E-state index contributed by atoms with van der Waals surface area (Å²) in [6, 6.07) is 17.2. The third-order valence-corrected chi connectivity index (χ3v) is 6.09. The molecule has 0 fully saturated rings. The lowest BCUT2D eigenvalue weighted by molar-refractivity contribution is 0.103. The van der Waals surface area contributed by atoms with E-state index in [2.05, 4.69) is 10.4 Å². The predicted octanol–water partition coefficient (Wildman–Crippen LogP) is 6.44. The zero-order valence-electron chi connectivity index (χ0n) is 16.6. The third-order valence-electron chi connectivity index (χ3n) is 4.52. The fourth-order valence-corrected chi connectivity index (χ4v) is 4.09. The molecule has 31 heavy (non-hydrogen) atoms. The molecule has 1 N–H and O–H groups in total. The van der Waals surface area contributed by atoms with Crippen molar-refractivity contribution in [2.24, 2.45) is 0 Å². The Morgan fingerprint density at radius 1 is 1.10 bits per heavy atom. The fourth-order valence-electron chi connectivity index (χ4n) is 2.91. The van der Waals surface area contributed by atoms with Crippen LogP contribution in [-0.2, 0) is 13.2 Å². The number of halogens is 2. The summed E-state index contributed by atoms with van der Waals surface area (Å²) in [5.41, 5.74) is 3.18. The monoisotopic (exact) mass is 471 g/mol. The first-order valence-corrected chi connectivity index (χ1v) is 11.2. The van der Waals surface area contributed by atoms with Crippen molar-refractivity contribution < 1.29 is 9.53 Å². The van der Waals surface area contributed by atoms with E-state index in [0.29, 0.717) is 39.6 Å². The van der Waals surface area contributed by atoms with Crippen LogP contribution >= 0.6 is 34.5 Å². The van der Waals surface area contributed by atoms with Crippen LogP contribution in [0, 0.1) is 6.92 Å². The van der Waals surface area contributed by atoms with Crippen molar-refractivity contribution in [1.29, 1.82) is 0 Å². The van der Waals surface area contributed by atoms with Crippen molar-refractivity contribution in [2.45, 2.75) is 20.1 Å². The van der Waals surface area contributed by atoms with Crippen LogP contribution in [0.15, 0.2) is 66.2 Å². The first-order valence-electron chi connectivity index (χ1n) is 9.52. The third kappa shape index (κ3) is 5.47. The largest absolute Gasteiger partial charge is 0.487 e. The van der Waals surface area contributed by atoms with Gasteiger partial charge in [-0.15, -0.1) is 11.3 Å². The van der Waals surface area contributed by atoms with Crippen molar-refractivity contribution >= 4 is 46.3 Å². The molecule has 0 radical (unpaired) electrons. The highest BCUT2D eigenvalue weighted by Crippen LogP contribution is 2.26. The maximum absolute atomic E-state index is 12.6. The van der Waals surface area contributed by atoms with Gasteiger partial charge in [0.25, 0.3) is 5.91 Å². The molecule has 0 aliphatic carbocycles. The number of carbonyl (C=O) groups is 1. The van der Waals surface area contributed by atoms with Gasteiger partial charge in [-0.1, -0.05) is 65.2 Å². The second-order valence-electron chi connectivity index (χ2n) is 7.00. The number of carbonyl (C=O) groups excluding carboxylic acids is 1. The number of para-hydroxylation sites is 1. The van der Waals surface area contributed by atoms with Crippen molar-refractivity contribution in [3.05, 3.63) is 97.8 Å².